The van der Waals surface area contributed by atoms with Gasteiger partial charge in [0.15, 0.2) is 0 Å². The van der Waals surface area contributed by atoms with Crippen LogP contribution in [0.25, 0.3) is 0 Å². The molecule has 0 heterocycles. The zero-order chi connectivity index (χ0) is 12.8. The third kappa shape index (κ3) is 4.74. The van der Waals surface area contributed by atoms with E-state index in [-0.39, 0.29) is 70.5 Å². The van der Waals surface area contributed by atoms with E-state index in [9.17, 15) is 10.4 Å². The van der Waals surface area contributed by atoms with Gasteiger partial charge in [-0.05, 0) is 0 Å². The van der Waals surface area contributed by atoms with Crippen molar-refractivity contribution in [3.8, 4) is 0 Å². The summed E-state index contributed by atoms with van der Waals surface area (Å²) in [6.45, 7) is 0. The van der Waals surface area contributed by atoms with Crippen LogP contribution in [0.3, 0.4) is 0 Å². The Bertz CT molecular complexity index is 519. The summed E-state index contributed by atoms with van der Waals surface area (Å²) in [4.78, 5) is 0. The summed E-state index contributed by atoms with van der Waals surface area (Å²) < 4.78 is 0. The molecule has 2 aromatic carbocycles. The van der Waals surface area contributed by atoms with Crippen LogP contribution in [0.4, 0.5) is 0 Å². The summed E-state index contributed by atoms with van der Waals surface area (Å²) in [5, 5.41) is 27.8. The van der Waals surface area contributed by atoms with Gasteiger partial charge >= 0.3 is 59.1 Å². The molecule has 0 saturated carbocycles. The van der Waals surface area contributed by atoms with Crippen molar-refractivity contribution >= 4 is 11.4 Å². The molecule has 0 saturated heterocycles. The second kappa shape index (κ2) is 10.2. The molecule has 4 nitrogen and oxygen atoms in total. The van der Waals surface area contributed by atoms with E-state index < -0.39 is 0 Å². The smallest absolute Gasteiger partial charge is 0.791 e. The fraction of sp³-hybridized carbons (Fsp3) is 0. The van der Waals surface area contributed by atoms with Crippen LogP contribution in [-0.2, 0) is 0 Å². The Morgan fingerprint density at radius 2 is 0.900 bits per heavy atom. The molecule has 0 fully saturated rings. The summed E-state index contributed by atoms with van der Waals surface area (Å²) in [7, 11) is 0. The van der Waals surface area contributed by atoms with Crippen LogP contribution in [-0.4, -0.2) is 11.4 Å². The third-order valence-electron chi connectivity index (χ3n) is 2.50. The summed E-state index contributed by atoms with van der Waals surface area (Å²) in [6, 6.07) is 17.6. The van der Waals surface area contributed by atoms with Gasteiger partial charge in [-0.3, -0.25) is 0 Å². The molecule has 0 aromatic heterocycles. The van der Waals surface area contributed by atoms with E-state index in [4.69, 9.17) is 0 Å². The molecule has 0 atom stereocenters. The van der Waals surface area contributed by atoms with Crippen LogP contribution < -0.4 is 59.1 Å². The Labute approximate surface area is 161 Å². The van der Waals surface area contributed by atoms with E-state index in [1.54, 1.807) is 48.5 Å². The third-order valence-corrected chi connectivity index (χ3v) is 2.50. The monoisotopic (exact) mass is 284 g/mol. The topological polar surface area (TPSA) is 70.8 Å². The van der Waals surface area contributed by atoms with Gasteiger partial charge in [-0.1, -0.05) is 60.7 Å². The van der Waals surface area contributed by atoms with Crippen LogP contribution in [0.5, 0.6) is 0 Å². The molecule has 0 aliphatic rings. The van der Waals surface area contributed by atoms with Crippen LogP contribution in [0.1, 0.15) is 11.1 Å². The first kappa shape index (κ1) is 19.4. The molecule has 2 aromatic rings. The van der Waals surface area contributed by atoms with Gasteiger partial charge in [0.05, 0.1) is 11.4 Å². The molecule has 90 valence electrons. The Morgan fingerprint density at radius 1 is 0.600 bits per heavy atom. The average Bonchev–Trinajstić information content (AvgIpc) is 2.46. The number of hydrogen-bond donors (Lipinski definition) is 0. The van der Waals surface area contributed by atoms with Gasteiger partial charge in [-0.15, -0.1) is 0 Å². The van der Waals surface area contributed by atoms with Crippen LogP contribution >= 0.6 is 0 Å². The van der Waals surface area contributed by atoms with E-state index in [0.29, 0.717) is 11.1 Å². The second-order valence-electron chi connectivity index (χ2n) is 3.61. The minimum Gasteiger partial charge on any atom is -0.791 e. The zero-order valence-corrected chi connectivity index (χ0v) is 15.5. The molecule has 0 bridgehead atoms. The molecule has 6 heteroatoms. The van der Waals surface area contributed by atoms with Crippen molar-refractivity contribution in [1.82, 2.24) is 0 Å². The maximum atomic E-state index is 11.0. The number of nitrogens with zero attached hydrogens (tertiary/aromatic N) is 2. The van der Waals surface area contributed by atoms with Gasteiger partial charge < -0.3 is 20.7 Å². The van der Waals surface area contributed by atoms with Gasteiger partial charge in [0.25, 0.3) is 0 Å². The van der Waals surface area contributed by atoms with Crippen LogP contribution in [0, 0.1) is 10.4 Å². The number of benzene rings is 2. The van der Waals surface area contributed by atoms with E-state index in [0.717, 1.165) is 0 Å². The Kier molecular flexibility index (Phi) is 9.84. The Balaban J connectivity index is 0.00000180. The summed E-state index contributed by atoms with van der Waals surface area (Å²) >= 11 is 0. The largest absolute Gasteiger partial charge is 1.00 e. The fourth-order valence-electron chi connectivity index (χ4n) is 1.66. The number of hydrogen-bond acceptors (Lipinski definition) is 4. The van der Waals surface area contributed by atoms with E-state index >= 15 is 0 Å². The Hall–Kier alpha value is -0.620. The molecule has 0 unspecified atom stereocenters. The predicted octanol–water partition coefficient (Wildman–Crippen LogP) is -3.03. The minimum absolute atomic E-state index is 0. The maximum absolute atomic E-state index is 11.0. The van der Waals surface area contributed by atoms with E-state index in [1.807, 2.05) is 12.1 Å². The minimum atomic E-state index is 0. The van der Waals surface area contributed by atoms with Crippen molar-refractivity contribution in [2.24, 2.45) is 10.3 Å². The summed E-state index contributed by atoms with van der Waals surface area (Å²) in [5.74, 6) is 0. The van der Waals surface area contributed by atoms with Crippen LogP contribution in [0.15, 0.2) is 71.0 Å². The molecular formula is C14H10N2Na2O2. The molecule has 0 spiro atoms. The van der Waals surface area contributed by atoms with E-state index in [2.05, 4.69) is 10.3 Å². The normalized spacial score (nSPS) is 11.2. The van der Waals surface area contributed by atoms with Crippen molar-refractivity contribution in [1.29, 1.82) is 0 Å². The first-order valence-electron chi connectivity index (χ1n) is 5.38. The van der Waals surface area contributed by atoms with Gasteiger partial charge in [-0.2, -0.15) is 0 Å². The van der Waals surface area contributed by atoms with E-state index in [1.165, 1.54) is 0 Å². The van der Waals surface area contributed by atoms with Gasteiger partial charge in [-0.25, -0.2) is 0 Å². The average molecular weight is 284 g/mol. The van der Waals surface area contributed by atoms with Gasteiger partial charge in [0, 0.05) is 11.1 Å². The first-order chi connectivity index (χ1) is 8.86. The maximum Gasteiger partial charge on any atom is 1.00 e. The molecule has 0 radical (unpaired) electrons. The van der Waals surface area contributed by atoms with Crippen molar-refractivity contribution in [2.45, 2.75) is 0 Å². The van der Waals surface area contributed by atoms with Gasteiger partial charge in [0.1, 0.15) is 0 Å². The Morgan fingerprint density at radius 3 is 1.15 bits per heavy atom. The summed E-state index contributed by atoms with van der Waals surface area (Å²) in [6.07, 6.45) is 0. The number of rotatable bonds is 3. The second-order valence-corrected chi connectivity index (χ2v) is 3.61. The van der Waals surface area contributed by atoms with Crippen LogP contribution in [0.2, 0.25) is 0 Å². The molecular weight excluding hydrogens is 274 g/mol. The molecule has 20 heavy (non-hydrogen) atoms. The molecule has 0 aliphatic carbocycles. The van der Waals surface area contributed by atoms with Crippen molar-refractivity contribution in [3.05, 3.63) is 82.2 Å². The summed E-state index contributed by atoms with van der Waals surface area (Å²) in [5.41, 5.74) is 1.26. The standard InChI is InChI=1S/C14H12N2O2.2Na/c17-15-13(11-7-3-1-4-8-11)14(16-18)12-9-5-2-6-10-12;;/h1-10,17-18H;;/q;2*+1/p-2/b15-13-,16-14-;;. The van der Waals surface area contributed by atoms with Crippen molar-refractivity contribution in [2.75, 3.05) is 0 Å². The fourth-order valence-corrected chi connectivity index (χ4v) is 1.66. The predicted molar refractivity (Wildman–Crippen MR) is 72.7 cm³/mol. The molecule has 0 N–H and O–H groups in total. The van der Waals surface area contributed by atoms with Crippen molar-refractivity contribution in [3.63, 3.8) is 0 Å². The zero-order valence-electron chi connectivity index (χ0n) is 11.5. The quantitative estimate of drug-likeness (QED) is 0.342. The first-order valence-corrected chi connectivity index (χ1v) is 5.38. The van der Waals surface area contributed by atoms with Crippen molar-refractivity contribution < 1.29 is 59.1 Å². The SMILES string of the molecule is [Na+].[Na+].[O-]/N=C(\C(=N/[O-])c1ccccc1)c1ccccc1. The molecule has 0 aliphatic heterocycles. The molecule has 0 amide bonds. The van der Waals surface area contributed by atoms with Gasteiger partial charge in [0.2, 0.25) is 0 Å². The molecule has 2 rings (SSSR count).